The lowest BCUT2D eigenvalue weighted by Gasteiger charge is -2.10. The van der Waals surface area contributed by atoms with Crippen LogP contribution in [0.4, 0.5) is 0 Å². The summed E-state index contributed by atoms with van der Waals surface area (Å²) in [6.45, 7) is 0. The highest BCUT2D eigenvalue weighted by atomic mass is 35.5. The van der Waals surface area contributed by atoms with Crippen molar-refractivity contribution in [2.75, 3.05) is 0 Å². The van der Waals surface area contributed by atoms with E-state index in [1.807, 2.05) is 12.1 Å². The number of aromatic nitrogens is 3. The van der Waals surface area contributed by atoms with Gasteiger partial charge in [0.15, 0.2) is 5.82 Å². The zero-order chi connectivity index (χ0) is 28.5. The highest BCUT2D eigenvalue weighted by Gasteiger charge is 2.19. The average molecular weight is 588 g/mol. The summed E-state index contributed by atoms with van der Waals surface area (Å²) in [7, 11) is 0. The molecule has 3 aromatic heterocycles. The van der Waals surface area contributed by atoms with Crippen molar-refractivity contribution in [3.63, 3.8) is 0 Å². The van der Waals surface area contributed by atoms with Crippen molar-refractivity contribution in [3.05, 3.63) is 138 Å². The Balaban J connectivity index is 1.32. The van der Waals surface area contributed by atoms with Crippen LogP contribution in [-0.2, 0) is 0 Å². The molecular weight excluding hydrogens is 566 g/mol. The fourth-order valence-corrected chi connectivity index (χ4v) is 7.58. The van der Waals surface area contributed by atoms with Crippen LogP contribution in [0.15, 0.2) is 133 Å². The molecule has 0 aliphatic carbocycles. The number of para-hydroxylation sites is 2. The van der Waals surface area contributed by atoms with Crippen LogP contribution in [0.25, 0.3) is 81.2 Å². The second kappa shape index (κ2) is 9.50. The van der Waals surface area contributed by atoms with Crippen molar-refractivity contribution in [3.8, 4) is 28.3 Å². The van der Waals surface area contributed by atoms with E-state index >= 15 is 0 Å². The highest BCUT2D eigenvalue weighted by molar-refractivity contribution is 7.26. The standard InChI is InChI=1S/C38H22ClN3S/c39-27-18-16-23-20-26(15-14-24(23)21-27)38-40-35(37-36(41-38)30-11-5-7-13-34(30)43-37)25-17-19-33-31(22-25)29-10-4-6-12-32(29)42(33)28-8-2-1-3-9-28/h1-22H. The maximum absolute atomic E-state index is 6.26. The summed E-state index contributed by atoms with van der Waals surface area (Å²) in [5, 5.41) is 6.51. The van der Waals surface area contributed by atoms with Gasteiger partial charge in [0.05, 0.1) is 26.9 Å². The van der Waals surface area contributed by atoms with Crippen molar-refractivity contribution < 1.29 is 0 Å². The van der Waals surface area contributed by atoms with Crippen LogP contribution >= 0.6 is 22.9 Å². The number of rotatable bonds is 3. The molecule has 0 fully saturated rings. The van der Waals surface area contributed by atoms with Gasteiger partial charge in [0.2, 0.25) is 0 Å². The van der Waals surface area contributed by atoms with E-state index in [-0.39, 0.29) is 0 Å². The first kappa shape index (κ1) is 24.6. The van der Waals surface area contributed by atoms with Gasteiger partial charge in [-0.25, -0.2) is 9.97 Å². The molecule has 43 heavy (non-hydrogen) atoms. The molecule has 9 rings (SSSR count). The van der Waals surface area contributed by atoms with Crippen molar-refractivity contribution in [1.29, 1.82) is 0 Å². The summed E-state index contributed by atoms with van der Waals surface area (Å²) >= 11 is 8.02. The number of hydrogen-bond acceptors (Lipinski definition) is 3. The fraction of sp³-hybridized carbons (Fsp3) is 0. The van der Waals surface area contributed by atoms with Crippen LogP contribution in [-0.4, -0.2) is 14.5 Å². The van der Waals surface area contributed by atoms with Gasteiger partial charge in [-0.15, -0.1) is 11.3 Å². The van der Waals surface area contributed by atoms with E-state index < -0.39 is 0 Å². The number of nitrogens with zero attached hydrogens (tertiary/aromatic N) is 3. The van der Waals surface area contributed by atoms with E-state index in [2.05, 4.69) is 126 Å². The molecule has 0 amide bonds. The molecular formula is C38H22ClN3S. The lowest BCUT2D eigenvalue weighted by Crippen LogP contribution is -1.95. The topological polar surface area (TPSA) is 30.7 Å². The van der Waals surface area contributed by atoms with Crippen LogP contribution in [0.3, 0.4) is 0 Å². The smallest absolute Gasteiger partial charge is 0.160 e. The van der Waals surface area contributed by atoms with E-state index in [1.54, 1.807) is 11.3 Å². The maximum atomic E-state index is 6.26. The molecule has 0 saturated heterocycles. The van der Waals surface area contributed by atoms with Gasteiger partial charge in [-0.05, 0) is 65.4 Å². The molecule has 9 aromatic rings. The minimum Gasteiger partial charge on any atom is -0.309 e. The Labute approximate surface area is 256 Å². The zero-order valence-corrected chi connectivity index (χ0v) is 24.4. The molecule has 5 heteroatoms. The summed E-state index contributed by atoms with van der Waals surface area (Å²) in [5.41, 5.74) is 7.51. The number of hydrogen-bond donors (Lipinski definition) is 0. The van der Waals surface area contributed by atoms with Crippen LogP contribution in [0.1, 0.15) is 0 Å². The van der Waals surface area contributed by atoms with E-state index in [1.165, 1.54) is 26.5 Å². The number of thiophene rings is 1. The highest BCUT2D eigenvalue weighted by Crippen LogP contribution is 2.41. The third-order valence-corrected chi connectivity index (χ3v) is 9.64. The number of fused-ring (bicyclic) bond motifs is 7. The van der Waals surface area contributed by atoms with Gasteiger partial charge in [0.25, 0.3) is 0 Å². The molecule has 202 valence electrons. The predicted octanol–water partition coefficient (Wildman–Crippen LogP) is 11.1. The Morgan fingerprint density at radius 2 is 1.28 bits per heavy atom. The Morgan fingerprint density at radius 1 is 0.558 bits per heavy atom. The molecule has 0 atom stereocenters. The summed E-state index contributed by atoms with van der Waals surface area (Å²) in [4.78, 5) is 10.4. The van der Waals surface area contributed by atoms with E-state index in [9.17, 15) is 0 Å². The Morgan fingerprint density at radius 3 is 2.19 bits per heavy atom. The van der Waals surface area contributed by atoms with Crippen LogP contribution < -0.4 is 0 Å². The van der Waals surface area contributed by atoms with Gasteiger partial charge >= 0.3 is 0 Å². The molecule has 3 nitrogen and oxygen atoms in total. The summed E-state index contributed by atoms with van der Waals surface area (Å²) in [5.74, 6) is 0.717. The van der Waals surface area contributed by atoms with Crippen molar-refractivity contribution in [2.24, 2.45) is 0 Å². The normalized spacial score (nSPS) is 11.8. The number of benzene rings is 6. The first-order valence-electron chi connectivity index (χ1n) is 14.2. The van der Waals surface area contributed by atoms with Gasteiger partial charge in [-0.1, -0.05) is 90.5 Å². The van der Waals surface area contributed by atoms with Gasteiger partial charge in [-0.3, -0.25) is 0 Å². The quantitative estimate of drug-likeness (QED) is 0.206. The average Bonchev–Trinajstić information content (AvgIpc) is 3.60. The first-order chi connectivity index (χ1) is 21.2. The Kier molecular flexibility index (Phi) is 5.42. The molecule has 0 spiro atoms. The number of halogens is 1. The monoisotopic (exact) mass is 587 g/mol. The lowest BCUT2D eigenvalue weighted by molar-refractivity contribution is 1.18. The minimum absolute atomic E-state index is 0.717. The Hall–Kier alpha value is -5.03. The van der Waals surface area contributed by atoms with Crippen LogP contribution in [0.5, 0.6) is 0 Å². The van der Waals surface area contributed by atoms with Gasteiger partial charge < -0.3 is 4.57 Å². The molecule has 3 heterocycles. The summed E-state index contributed by atoms with van der Waals surface area (Å²) in [6.07, 6.45) is 0. The third-order valence-electron chi connectivity index (χ3n) is 8.24. The minimum atomic E-state index is 0.717. The van der Waals surface area contributed by atoms with Crippen molar-refractivity contribution in [1.82, 2.24) is 14.5 Å². The third kappa shape index (κ3) is 3.88. The second-order valence-corrected chi connectivity index (χ2v) is 12.3. The van der Waals surface area contributed by atoms with Crippen molar-refractivity contribution >= 4 is 75.8 Å². The fourth-order valence-electron chi connectivity index (χ4n) is 6.25. The molecule has 0 bridgehead atoms. The predicted molar refractivity (Wildman–Crippen MR) is 183 cm³/mol. The second-order valence-electron chi connectivity index (χ2n) is 10.8. The molecule has 0 saturated carbocycles. The lowest BCUT2D eigenvalue weighted by atomic mass is 10.0. The Bertz CT molecular complexity index is 2530. The molecule has 0 unspecified atom stereocenters. The molecule has 6 aromatic carbocycles. The zero-order valence-electron chi connectivity index (χ0n) is 22.8. The van der Waals surface area contributed by atoms with Crippen LogP contribution in [0.2, 0.25) is 5.02 Å². The molecule has 0 aliphatic rings. The van der Waals surface area contributed by atoms with E-state index in [4.69, 9.17) is 21.6 Å². The van der Waals surface area contributed by atoms with Gasteiger partial charge in [0, 0.05) is 42.7 Å². The van der Waals surface area contributed by atoms with E-state index in [0.29, 0.717) is 0 Å². The maximum Gasteiger partial charge on any atom is 0.160 e. The summed E-state index contributed by atoms with van der Waals surface area (Å²) in [6, 6.07) is 46.7. The molecule has 0 aliphatic heterocycles. The van der Waals surface area contributed by atoms with E-state index in [0.717, 1.165) is 59.7 Å². The van der Waals surface area contributed by atoms with Gasteiger partial charge in [0.1, 0.15) is 0 Å². The SMILES string of the molecule is Clc1ccc2cc(-c3nc(-c4ccc5c(c4)c4ccccc4n5-c4ccccc4)c4sc5ccccc5c4n3)ccc2c1. The largest absolute Gasteiger partial charge is 0.309 e. The van der Waals surface area contributed by atoms with Crippen molar-refractivity contribution in [2.45, 2.75) is 0 Å². The molecule has 0 N–H and O–H groups in total. The van der Waals surface area contributed by atoms with Gasteiger partial charge in [-0.2, -0.15) is 0 Å². The molecule has 0 radical (unpaired) electrons. The first-order valence-corrected chi connectivity index (χ1v) is 15.4. The van der Waals surface area contributed by atoms with Crippen LogP contribution in [0, 0.1) is 0 Å². The summed E-state index contributed by atoms with van der Waals surface area (Å²) < 4.78 is 4.65.